The number of aliphatic hydroxyl groups excluding tert-OH is 1. The summed E-state index contributed by atoms with van der Waals surface area (Å²) < 4.78 is 53.0. The molecule has 3 unspecified atom stereocenters. The second-order valence-corrected chi connectivity index (χ2v) is 12.1. The van der Waals surface area contributed by atoms with E-state index in [2.05, 4.69) is 9.93 Å². The number of sulfonamides is 2. The van der Waals surface area contributed by atoms with Gasteiger partial charge in [-0.15, -0.1) is 0 Å². The van der Waals surface area contributed by atoms with Crippen molar-refractivity contribution in [3.8, 4) is 0 Å². The molecule has 8 nitrogen and oxygen atoms in total. The molecule has 10 heteroatoms. The summed E-state index contributed by atoms with van der Waals surface area (Å²) >= 11 is 0. The van der Waals surface area contributed by atoms with E-state index in [4.69, 9.17) is 0 Å². The maximum atomic E-state index is 13.2. The Balaban J connectivity index is 1.58. The van der Waals surface area contributed by atoms with Crippen molar-refractivity contribution in [1.82, 2.24) is 9.14 Å². The summed E-state index contributed by atoms with van der Waals surface area (Å²) in [7, 11) is -7.59. The second kappa shape index (κ2) is 8.58. The molecule has 0 radical (unpaired) electrons. The van der Waals surface area contributed by atoms with Crippen LogP contribution in [0.1, 0.15) is 24.0 Å². The van der Waals surface area contributed by atoms with Crippen LogP contribution < -0.4 is 4.83 Å². The maximum Gasteiger partial charge on any atom is 0.276 e. The van der Waals surface area contributed by atoms with E-state index in [-0.39, 0.29) is 28.8 Å². The first-order valence-electron chi connectivity index (χ1n) is 10.5. The maximum absolute atomic E-state index is 13.2. The van der Waals surface area contributed by atoms with Gasteiger partial charge in [-0.05, 0) is 51.0 Å². The minimum absolute atomic E-state index is 0.0545. The zero-order valence-corrected chi connectivity index (χ0v) is 19.6. The molecule has 1 heterocycles. The van der Waals surface area contributed by atoms with E-state index >= 15 is 0 Å². The molecular weight excluding hydrogens is 450 g/mol. The number of hydrogen-bond acceptors (Lipinski definition) is 6. The van der Waals surface area contributed by atoms with Crippen LogP contribution in [0.25, 0.3) is 0 Å². The minimum Gasteiger partial charge on any atom is -0.392 e. The van der Waals surface area contributed by atoms with Gasteiger partial charge in [0.15, 0.2) is 0 Å². The Labute approximate surface area is 189 Å². The molecule has 4 rings (SSSR count). The van der Waals surface area contributed by atoms with E-state index in [9.17, 15) is 21.9 Å². The largest absolute Gasteiger partial charge is 0.392 e. The Kier molecular flexibility index (Phi) is 6.15. The topological polar surface area (TPSA) is 116 Å². The van der Waals surface area contributed by atoms with Crippen molar-refractivity contribution in [1.29, 1.82) is 0 Å². The normalized spacial score (nSPS) is 25.6. The summed E-state index contributed by atoms with van der Waals surface area (Å²) in [6.07, 6.45) is 0.269. The molecule has 1 aliphatic carbocycles. The molecule has 2 bridgehead atoms. The third kappa shape index (κ3) is 4.45. The predicted octanol–water partition coefficient (Wildman–Crippen LogP) is 2.03. The van der Waals surface area contributed by atoms with Crippen LogP contribution >= 0.6 is 0 Å². The Morgan fingerprint density at radius 1 is 0.875 bits per heavy atom. The molecule has 0 aromatic heterocycles. The molecule has 32 heavy (non-hydrogen) atoms. The summed E-state index contributed by atoms with van der Waals surface area (Å²) in [6, 6.07) is 13.1. The van der Waals surface area contributed by atoms with E-state index in [0.717, 1.165) is 11.1 Å². The van der Waals surface area contributed by atoms with Crippen LogP contribution in [0.4, 0.5) is 0 Å². The molecule has 172 valence electrons. The third-order valence-corrected chi connectivity index (χ3v) is 9.25. The van der Waals surface area contributed by atoms with E-state index in [1.807, 2.05) is 13.8 Å². The van der Waals surface area contributed by atoms with E-state index in [1.165, 1.54) is 16.4 Å². The van der Waals surface area contributed by atoms with Gasteiger partial charge in [0.25, 0.3) is 10.0 Å². The average molecular weight is 478 g/mol. The standard InChI is InChI=1S/C22H27N3O5S2/c1-15-3-8-18(9-4-15)31(27,28)24-23-22-17-7-12-21(26)20(22)14-25(13-17)32(29,30)19-10-5-16(2)6-11-19/h3-6,8-11,17,20-21,24,26H,7,12-14H2,1-2H3. The summed E-state index contributed by atoms with van der Waals surface area (Å²) in [6.45, 7) is 4.01. The highest BCUT2D eigenvalue weighted by Gasteiger charge is 2.45. The molecule has 2 N–H and O–H groups in total. The average Bonchev–Trinajstić information content (AvgIpc) is 2.75. The van der Waals surface area contributed by atoms with Gasteiger partial charge in [0, 0.05) is 24.9 Å². The first kappa shape index (κ1) is 22.9. The number of hydrogen-bond donors (Lipinski definition) is 2. The molecule has 1 saturated heterocycles. The van der Waals surface area contributed by atoms with Gasteiger partial charge in [0.1, 0.15) is 0 Å². The van der Waals surface area contributed by atoms with Gasteiger partial charge in [0.2, 0.25) is 10.0 Å². The number of fused-ring (bicyclic) bond motifs is 2. The summed E-state index contributed by atoms with van der Waals surface area (Å²) in [4.78, 5) is 2.59. The number of nitrogens with one attached hydrogen (secondary N) is 1. The fourth-order valence-electron chi connectivity index (χ4n) is 4.27. The molecule has 2 aliphatic rings. The van der Waals surface area contributed by atoms with Crippen LogP contribution in [0.15, 0.2) is 63.4 Å². The summed E-state index contributed by atoms with van der Waals surface area (Å²) in [5.41, 5.74) is 2.41. The van der Waals surface area contributed by atoms with Gasteiger partial charge in [-0.3, -0.25) is 0 Å². The fourth-order valence-corrected chi connectivity index (χ4v) is 6.61. The molecular formula is C22H27N3O5S2. The van der Waals surface area contributed by atoms with Crippen LogP contribution in [0, 0.1) is 25.7 Å². The smallest absolute Gasteiger partial charge is 0.276 e. The Morgan fingerprint density at radius 3 is 2.03 bits per heavy atom. The number of nitrogens with zero attached hydrogens (tertiary/aromatic N) is 2. The number of aryl methyl sites for hydroxylation is 2. The lowest BCUT2D eigenvalue weighted by molar-refractivity contribution is 0.0777. The van der Waals surface area contributed by atoms with E-state index < -0.39 is 32.1 Å². The van der Waals surface area contributed by atoms with Gasteiger partial charge in [-0.25, -0.2) is 13.2 Å². The van der Waals surface area contributed by atoms with Crippen LogP contribution in [-0.4, -0.2) is 51.2 Å². The van der Waals surface area contributed by atoms with Crippen molar-refractivity contribution in [2.75, 3.05) is 13.1 Å². The second-order valence-electron chi connectivity index (χ2n) is 8.53. The van der Waals surface area contributed by atoms with Crippen LogP contribution in [0.2, 0.25) is 0 Å². The number of aliphatic hydroxyl groups is 1. The fraction of sp³-hybridized carbons (Fsp3) is 0.409. The summed E-state index contributed by atoms with van der Waals surface area (Å²) in [5.74, 6) is -0.832. The minimum atomic E-state index is -3.86. The molecule has 0 spiro atoms. The van der Waals surface area contributed by atoms with Gasteiger partial charge >= 0.3 is 0 Å². The molecule has 3 atom stereocenters. The Morgan fingerprint density at radius 2 is 1.44 bits per heavy atom. The summed E-state index contributed by atoms with van der Waals surface area (Å²) in [5, 5.41) is 14.8. The first-order chi connectivity index (χ1) is 15.1. The monoisotopic (exact) mass is 477 g/mol. The highest BCUT2D eigenvalue weighted by atomic mass is 32.2. The highest BCUT2D eigenvalue weighted by Crippen LogP contribution is 2.35. The third-order valence-electron chi connectivity index (χ3n) is 6.18. The van der Waals surface area contributed by atoms with Crippen molar-refractivity contribution in [2.45, 2.75) is 42.6 Å². The number of benzene rings is 2. The van der Waals surface area contributed by atoms with Crippen LogP contribution in [-0.2, 0) is 20.0 Å². The SMILES string of the molecule is Cc1ccc(S(=O)(=O)NN=C2C3CCC(O)C2CN(S(=O)(=O)c2ccc(C)cc2)C3)cc1. The predicted molar refractivity (Wildman–Crippen MR) is 121 cm³/mol. The zero-order chi connectivity index (χ0) is 23.1. The number of piperidine rings is 1. The lowest BCUT2D eigenvalue weighted by Gasteiger charge is -2.43. The number of rotatable bonds is 5. The lowest BCUT2D eigenvalue weighted by atomic mass is 9.75. The molecule has 1 saturated carbocycles. The van der Waals surface area contributed by atoms with Crippen molar-refractivity contribution >= 4 is 25.8 Å². The van der Waals surface area contributed by atoms with Crippen molar-refractivity contribution in [3.63, 3.8) is 0 Å². The first-order valence-corrected chi connectivity index (χ1v) is 13.4. The van der Waals surface area contributed by atoms with Gasteiger partial charge in [-0.1, -0.05) is 35.4 Å². The zero-order valence-electron chi connectivity index (χ0n) is 18.0. The number of hydrazone groups is 1. The van der Waals surface area contributed by atoms with E-state index in [1.54, 1.807) is 36.4 Å². The molecule has 2 fully saturated rings. The lowest BCUT2D eigenvalue weighted by Crippen LogP contribution is -2.55. The van der Waals surface area contributed by atoms with Crippen molar-refractivity contribution < 1.29 is 21.9 Å². The van der Waals surface area contributed by atoms with Gasteiger partial charge in [-0.2, -0.15) is 17.8 Å². The van der Waals surface area contributed by atoms with E-state index in [0.29, 0.717) is 18.6 Å². The Bertz CT molecular complexity index is 1220. The Hall–Kier alpha value is -2.27. The molecule has 2 aromatic rings. The molecule has 0 amide bonds. The molecule has 1 aliphatic heterocycles. The molecule has 2 aromatic carbocycles. The van der Waals surface area contributed by atoms with Crippen molar-refractivity contribution in [2.24, 2.45) is 16.9 Å². The highest BCUT2D eigenvalue weighted by molar-refractivity contribution is 7.89. The van der Waals surface area contributed by atoms with Crippen LogP contribution in [0.5, 0.6) is 0 Å². The van der Waals surface area contributed by atoms with Crippen LogP contribution in [0.3, 0.4) is 0 Å². The van der Waals surface area contributed by atoms with Gasteiger partial charge in [0.05, 0.1) is 21.6 Å². The quantitative estimate of drug-likeness (QED) is 0.639. The van der Waals surface area contributed by atoms with Crippen molar-refractivity contribution in [3.05, 3.63) is 59.7 Å². The van der Waals surface area contributed by atoms with Gasteiger partial charge < -0.3 is 5.11 Å².